The third-order valence-corrected chi connectivity index (χ3v) is 1.23. The molecule has 0 amide bonds. The summed E-state index contributed by atoms with van der Waals surface area (Å²) in [6.45, 7) is 0.679. The fraction of sp³-hybridized carbons (Fsp3) is 0.857. The Morgan fingerprint density at radius 1 is 1.58 bits per heavy atom. The molecule has 12 heavy (non-hydrogen) atoms. The van der Waals surface area contributed by atoms with E-state index in [0.717, 1.165) is 0 Å². The lowest BCUT2D eigenvalue weighted by Crippen LogP contribution is -2.31. The van der Waals surface area contributed by atoms with Crippen molar-refractivity contribution in [2.75, 3.05) is 26.9 Å². The molecule has 0 aliphatic heterocycles. The highest BCUT2D eigenvalue weighted by molar-refractivity contribution is 5.74. The summed E-state index contributed by atoms with van der Waals surface area (Å²) in [6, 6.07) is 0. The zero-order chi connectivity index (χ0) is 9.40. The van der Waals surface area contributed by atoms with Gasteiger partial charge in [-0.1, -0.05) is 0 Å². The first-order valence-electron chi connectivity index (χ1n) is 3.76. The van der Waals surface area contributed by atoms with Crippen LogP contribution >= 0.6 is 0 Å². The number of ether oxygens (including phenoxy) is 2. The van der Waals surface area contributed by atoms with Crippen molar-refractivity contribution in [1.82, 2.24) is 0 Å². The Bertz CT molecular complexity index is 129. The first-order valence-corrected chi connectivity index (χ1v) is 3.76. The Hall–Kier alpha value is -0.650. The van der Waals surface area contributed by atoms with E-state index in [4.69, 9.17) is 15.6 Å². The van der Waals surface area contributed by atoms with Gasteiger partial charge in [-0.2, -0.15) is 0 Å². The van der Waals surface area contributed by atoms with Gasteiger partial charge in [-0.3, -0.25) is 0 Å². The van der Waals surface area contributed by atoms with Crippen LogP contribution in [0, 0.1) is 0 Å². The zero-order valence-electron chi connectivity index (χ0n) is 7.16. The van der Waals surface area contributed by atoms with Crippen molar-refractivity contribution in [1.29, 1.82) is 0 Å². The fourth-order valence-electron chi connectivity index (χ4n) is 0.568. The number of aliphatic hydroxyl groups is 1. The Morgan fingerprint density at radius 2 is 2.25 bits per heavy atom. The molecule has 0 saturated carbocycles. The summed E-state index contributed by atoms with van der Waals surface area (Å²) < 4.78 is 9.38. The predicted octanol–water partition coefficient (Wildman–Crippen LogP) is -1.11. The van der Waals surface area contributed by atoms with E-state index in [0.29, 0.717) is 13.0 Å². The Morgan fingerprint density at radius 3 is 2.75 bits per heavy atom. The monoisotopic (exact) mass is 177 g/mol. The molecule has 3 N–H and O–H groups in total. The minimum Gasteiger partial charge on any atom is -0.464 e. The van der Waals surface area contributed by atoms with E-state index in [2.05, 4.69) is 4.74 Å². The summed E-state index contributed by atoms with van der Waals surface area (Å²) in [6.07, 6.45) is -0.577. The van der Waals surface area contributed by atoms with E-state index in [-0.39, 0.29) is 13.2 Å². The van der Waals surface area contributed by atoms with Crippen molar-refractivity contribution in [3.63, 3.8) is 0 Å². The van der Waals surface area contributed by atoms with Crippen molar-refractivity contribution < 1.29 is 19.4 Å². The maximum absolute atomic E-state index is 10.7. The lowest BCUT2D eigenvalue weighted by molar-refractivity contribution is -0.153. The number of esters is 1. The topological polar surface area (TPSA) is 81.8 Å². The normalized spacial score (nSPS) is 12.6. The van der Waals surface area contributed by atoms with Crippen molar-refractivity contribution >= 4 is 5.97 Å². The minimum absolute atomic E-state index is 0.108. The highest BCUT2D eigenvalue weighted by Crippen LogP contribution is 1.89. The third kappa shape index (κ3) is 5.06. The molecule has 0 fully saturated rings. The molecule has 0 spiro atoms. The first-order chi connectivity index (χ1) is 5.72. The molecule has 0 saturated heterocycles. The number of carbonyl (C=O) groups is 1. The molecule has 0 rings (SSSR count). The lowest BCUT2D eigenvalue weighted by Gasteiger charge is -2.07. The summed E-state index contributed by atoms with van der Waals surface area (Å²) in [5.41, 5.74) is 5.03. The molecule has 72 valence electrons. The number of hydrogen-bond donors (Lipinski definition) is 2. The smallest absolute Gasteiger partial charge is 0.336 e. The standard InChI is InChI=1S/C7H15NO4/c1-11-3-2-4-12-7(10)6(9)5-8/h6,9H,2-5,8H2,1H3/t6-/m0/s1. The van der Waals surface area contributed by atoms with Gasteiger partial charge in [0, 0.05) is 26.7 Å². The number of nitrogens with two attached hydrogens (primary N) is 1. The lowest BCUT2D eigenvalue weighted by atomic mass is 10.4. The average molecular weight is 177 g/mol. The minimum atomic E-state index is -1.20. The van der Waals surface area contributed by atoms with Crippen LogP contribution < -0.4 is 5.73 Å². The SMILES string of the molecule is COCCCOC(=O)[C@@H](O)CN. The molecule has 0 bridgehead atoms. The van der Waals surface area contributed by atoms with Gasteiger partial charge in [0.2, 0.25) is 0 Å². The predicted molar refractivity (Wildman–Crippen MR) is 42.5 cm³/mol. The maximum Gasteiger partial charge on any atom is 0.336 e. The summed E-state index contributed by atoms with van der Waals surface area (Å²) in [4.78, 5) is 10.7. The van der Waals surface area contributed by atoms with E-state index in [1.54, 1.807) is 7.11 Å². The van der Waals surface area contributed by atoms with Crippen LogP contribution in [-0.2, 0) is 14.3 Å². The summed E-state index contributed by atoms with van der Waals surface area (Å²) in [7, 11) is 1.57. The van der Waals surface area contributed by atoms with Crippen LogP contribution in [0.2, 0.25) is 0 Å². The van der Waals surface area contributed by atoms with Crippen LogP contribution in [0.1, 0.15) is 6.42 Å². The van der Waals surface area contributed by atoms with Gasteiger partial charge in [0.1, 0.15) is 0 Å². The third-order valence-electron chi connectivity index (χ3n) is 1.23. The molecular weight excluding hydrogens is 162 g/mol. The van der Waals surface area contributed by atoms with E-state index < -0.39 is 12.1 Å². The van der Waals surface area contributed by atoms with Gasteiger partial charge >= 0.3 is 5.97 Å². The number of carbonyl (C=O) groups excluding carboxylic acids is 1. The second-order valence-corrected chi connectivity index (χ2v) is 2.27. The van der Waals surface area contributed by atoms with Crippen molar-refractivity contribution in [2.24, 2.45) is 5.73 Å². The Balaban J connectivity index is 3.31. The molecule has 0 radical (unpaired) electrons. The molecule has 1 atom stereocenters. The van der Waals surface area contributed by atoms with Gasteiger partial charge in [-0.15, -0.1) is 0 Å². The van der Waals surface area contributed by atoms with E-state index >= 15 is 0 Å². The molecule has 0 aromatic carbocycles. The molecule has 5 heteroatoms. The van der Waals surface area contributed by atoms with E-state index in [9.17, 15) is 4.79 Å². The van der Waals surface area contributed by atoms with Crippen LogP contribution in [0.4, 0.5) is 0 Å². The second-order valence-electron chi connectivity index (χ2n) is 2.27. The molecule has 0 aliphatic carbocycles. The second kappa shape index (κ2) is 7.02. The van der Waals surface area contributed by atoms with Gasteiger partial charge in [0.25, 0.3) is 0 Å². The molecular formula is C7H15NO4. The highest BCUT2D eigenvalue weighted by atomic mass is 16.5. The average Bonchev–Trinajstić information content (AvgIpc) is 2.10. The van der Waals surface area contributed by atoms with Crippen molar-refractivity contribution in [3.8, 4) is 0 Å². The quantitative estimate of drug-likeness (QED) is 0.397. The van der Waals surface area contributed by atoms with Crippen LogP contribution in [0.3, 0.4) is 0 Å². The molecule has 0 aliphatic rings. The highest BCUT2D eigenvalue weighted by Gasteiger charge is 2.13. The van der Waals surface area contributed by atoms with Crippen LogP contribution in [0.5, 0.6) is 0 Å². The summed E-state index contributed by atoms with van der Waals surface area (Å²) in [5, 5.41) is 8.85. The zero-order valence-corrected chi connectivity index (χ0v) is 7.16. The van der Waals surface area contributed by atoms with E-state index in [1.165, 1.54) is 0 Å². The number of hydrogen-bond acceptors (Lipinski definition) is 5. The van der Waals surface area contributed by atoms with Crippen LogP contribution in [0.15, 0.2) is 0 Å². The van der Waals surface area contributed by atoms with Gasteiger partial charge in [-0.25, -0.2) is 4.79 Å². The molecule has 0 aromatic heterocycles. The molecule has 0 heterocycles. The van der Waals surface area contributed by atoms with Crippen LogP contribution in [-0.4, -0.2) is 44.0 Å². The Labute approximate surface area is 71.5 Å². The fourth-order valence-corrected chi connectivity index (χ4v) is 0.568. The molecule has 5 nitrogen and oxygen atoms in total. The van der Waals surface area contributed by atoms with Gasteiger partial charge in [0.15, 0.2) is 6.10 Å². The maximum atomic E-state index is 10.7. The van der Waals surface area contributed by atoms with Crippen molar-refractivity contribution in [2.45, 2.75) is 12.5 Å². The number of methoxy groups -OCH3 is 1. The van der Waals surface area contributed by atoms with Gasteiger partial charge < -0.3 is 20.3 Å². The van der Waals surface area contributed by atoms with Crippen molar-refractivity contribution in [3.05, 3.63) is 0 Å². The summed E-state index contributed by atoms with van der Waals surface area (Å²) >= 11 is 0. The molecule has 0 aromatic rings. The van der Waals surface area contributed by atoms with Gasteiger partial charge in [-0.05, 0) is 0 Å². The number of rotatable bonds is 6. The largest absolute Gasteiger partial charge is 0.464 e. The summed E-state index contributed by atoms with van der Waals surface area (Å²) in [5.74, 6) is -0.673. The molecule has 0 unspecified atom stereocenters. The van der Waals surface area contributed by atoms with E-state index in [1.807, 2.05) is 0 Å². The Kier molecular flexibility index (Phi) is 6.64. The van der Waals surface area contributed by atoms with Crippen LogP contribution in [0.25, 0.3) is 0 Å². The van der Waals surface area contributed by atoms with Gasteiger partial charge in [0.05, 0.1) is 6.61 Å². The first kappa shape index (κ1) is 11.4. The number of aliphatic hydroxyl groups excluding tert-OH is 1.